The molecule has 1 aromatic carbocycles. The molecule has 7 heteroatoms. The minimum atomic E-state index is -4.41. The van der Waals surface area contributed by atoms with Gasteiger partial charge in [-0.15, -0.1) is 12.4 Å². The molecule has 1 rings (SSSR count). The molecule has 0 bridgehead atoms. The van der Waals surface area contributed by atoms with Crippen molar-refractivity contribution in [3.05, 3.63) is 29.8 Å². The summed E-state index contributed by atoms with van der Waals surface area (Å²) in [6.07, 6.45) is -4.35. The largest absolute Gasteiger partial charge is 0.416 e. The lowest BCUT2D eigenvalue weighted by molar-refractivity contribution is -0.137. The molecule has 102 valence electrons. The van der Waals surface area contributed by atoms with Gasteiger partial charge in [0.1, 0.15) is 0 Å². The molecule has 1 aromatic rings. The number of benzene rings is 1. The fourth-order valence-electron chi connectivity index (χ4n) is 1.28. The van der Waals surface area contributed by atoms with Crippen LogP contribution in [0.15, 0.2) is 24.3 Å². The summed E-state index contributed by atoms with van der Waals surface area (Å²) < 4.78 is 37.1. The van der Waals surface area contributed by atoms with Gasteiger partial charge in [-0.05, 0) is 25.1 Å². The molecule has 0 fully saturated rings. The van der Waals surface area contributed by atoms with Gasteiger partial charge in [-0.25, -0.2) is 0 Å². The van der Waals surface area contributed by atoms with Crippen LogP contribution in [-0.2, 0) is 11.0 Å². The van der Waals surface area contributed by atoms with Gasteiger partial charge in [0.05, 0.1) is 5.56 Å². The minimum absolute atomic E-state index is 0. The standard InChI is InChI=1S/C11H13F3N2O.ClH/c1-7(15)5-10(17)16-9-4-2-3-8(6-9)11(12,13)14;/h2-4,6-7H,5,15H2,1H3,(H,16,17);1H. The number of hydrogen-bond acceptors (Lipinski definition) is 2. The van der Waals surface area contributed by atoms with E-state index in [1.165, 1.54) is 12.1 Å². The van der Waals surface area contributed by atoms with Crippen molar-refractivity contribution in [3.8, 4) is 0 Å². The van der Waals surface area contributed by atoms with E-state index in [0.29, 0.717) is 0 Å². The molecule has 0 aliphatic carbocycles. The molecule has 0 saturated carbocycles. The molecular formula is C11H14ClF3N2O. The highest BCUT2D eigenvalue weighted by Crippen LogP contribution is 2.30. The summed E-state index contributed by atoms with van der Waals surface area (Å²) in [7, 11) is 0. The van der Waals surface area contributed by atoms with Crippen LogP contribution in [0.5, 0.6) is 0 Å². The van der Waals surface area contributed by atoms with Gasteiger partial charge in [-0.1, -0.05) is 6.07 Å². The summed E-state index contributed by atoms with van der Waals surface area (Å²) in [5.41, 5.74) is 4.73. The summed E-state index contributed by atoms with van der Waals surface area (Å²) in [5, 5.41) is 2.37. The van der Waals surface area contributed by atoms with Crippen LogP contribution in [0.25, 0.3) is 0 Å². The first-order valence-electron chi connectivity index (χ1n) is 5.01. The fourth-order valence-corrected chi connectivity index (χ4v) is 1.28. The van der Waals surface area contributed by atoms with E-state index in [9.17, 15) is 18.0 Å². The van der Waals surface area contributed by atoms with Crippen molar-refractivity contribution in [1.29, 1.82) is 0 Å². The highest BCUT2D eigenvalue weighted by atomic mass is 35.5. The topological polar surface area (TPSA) is 55.1 Å². The number of hydrogen-bond donors (Lipinski definition) is 2. The molecule has 1 amide bonds. The number of rotatable bonds is 3. The number of alkyl halides is 3. The van der Waals surface area contributed by atoms with E-state index in [1.807, 2.05) is 0 Å². The summed E-state index contributed by atoms with van der Waals surface area (Å²) in [6.45, 7) is 1.64. The molecule has 0 spiro atoms. The Morgan fingerprint density at radius 1 is 1.44 bits per heavy atom. The van der Waals surface area contributed by atoms with E-state index >= 15 is 0 Å². The van der Waals surface area contributed by atoms with Crippen LogP contribution < -0.4 is 11.1 Å². The van der Waals surface area contributed by atoms with Crippen molar-refractivity contribution in [2.45, 2.75) is 25.6 Å². The Labute approximate surface area is 109 Å². The number of nitrogens with one attached hydrogen (secondary N) is 1. The Bertz CT molecular complexity index is 408. The maximum Gasteiger partial charge on any atom is 0.416 e. The molecule has 0 aliphatic rings. The van der Waals surface area contributed by atoms with Gasteiger partial charge in [-0.3, -0.25) is 4.79 Å². The smallest absolute Gasteiger partial charge is 0.327 e. The van der Waals surface area contributed by atoms with Crippen LogP contribution in [0, 0.1) is 0 Å². The van der Waals surface area contributed by atoms with E-state index in [4.69, 9.17) is 5.73 Å². The summed E-state index contributed by atoms with van der Waals surface area (Å²) >= 11 is 0. The number of amides is 1. The second-order valence-electron chi connectivity index (χ2n) is 3.81. The van der Waals surface area contributed by atoms with Crippen molar-refractivity contribution < 1.29 is 18.0 Å². The Hall–Kier alpha value is -1.27. The van der Waals surface area contributed by atoms with Crippen LogP contribution in [-0.4, -0.2) is 11.9 Å². The van der Waals surface area contributed by atoms with Crippen molar-refractivity contribution >= 4 is 24.0 Å². The first kappa shape index (κ1) is 16.7. The number of nitrogens with two attached hydrogens (primary N) is 1. The van der Waals surface area contributed by atoms with Crippen LogP contribution >= 0.6 is 12.4 Å². The van der Waals surface area contributed by atoms with Gasteiger partial charge in [0, 0.05) is 18.2 Å². The Morgan fingerprint density at radius 3 is 2.56 bits per heavy atom. The van der Waals surface area contributed by atoms with Crippen molar-refractivity contribution in [2.75, 3.05) is 5.32 Å². The third kappa shape index (κ3) is 5.37. The highest BCUT2D eigenvalue weighted by molar-refractivity contribution is 5.91. The van der Waals surface area contributed by atoms with Crippen LogP contribution in [0.2, 0.25) is 0 Å². The zero-order valence-corrected chi connectivity index (χ0v) is 10.4. The van der Waals surface area contributed by atoms with Gasteiger partial charge in [0.25, 0.3) is 0 Å². The van der Waals surface area contributed by atoms with E-state index in [1.54, 1.807) is 6.92 Å². The summed E-state index contributed by atoms with van der Waals surface area (Å²) in [4.78, 5) is 11.3. The molecule has 0 aromatic heterocycles. The Kier molecular flexibility index (Phi) is 6.14. The van der Waals surface area contributed by atoms with E-state index in [0.717, 1.165) is 12.1 Å². The van der Waals surface area contributed by atoms with Crippen LogP contribution in [0.3, 0.4) is 0 Å². The molecule has 18 heavy (non-hydrogen) atoms. The number of halogens is 4. The average molecular weight is 283 g/mol. The maximum atomic E-state index is 12.4. The summed E-state index contributed by atoms with van der Waals surface area (Å²) in [6, 6.07) is 4.14. The molecule has 0 aliphatic heterocycles. The predicted octanol–water partition coefficient (Wildman–Crippen LogP) is 2.80. The van der Waals surface area contributed by atoms with E-state index in [-0.39, 0.29) is 30.6 Å². The normalized spacial score (nSPS) is 12.5. The minimum Gasteiger partial charge on any atom is -0.327 e. The van der Waals surface area contributed by atoms with Gasteiger partial charge in [0.2, 0.25) is 5.91 Å². The van der Waals surface area contributed by atoms with Crippen molar-refractivity contribution in [3.63, 3.8) is 0 Å². The lowest BCUT2D eigenvalue weighted by atomic mass is 10.2. The van der Waals surface area contributed by atoms with Gasteiger partial charge in [0.15, 0.2) is 0 Å². The number of anilines is 1. The molecule has 1 unspecified atom stereocenters. The Balaban J connectivity index is 0.00000289. The zero-order valence-electron chi connectivity index (χ0n) is 9.62. The lowest BCUT2D eigenvalue weighted by Crippen LogP contribution is -2.24. The SMILES string of the molecule is CC(N)CC(=O)Nc1cccc(C(F)(F)F)c1.Cl. The molecule has 0 saturated heterocycles. The zero-order chi connectivity index (χ0) is 13.1. The first-order chi connectivity index (χ1) is 7.79. The van der Waals surface area contributed by atoms with Crippen molar-refractivity contribution in [2.24, 2.45) is 5.73 Å². The van der Waals surface area contributed by atoms with Gasteiger partial charge in [-0.2, -0.15) is 13.2 Å². The quantitative estimate of drug-likeness (QED) is 0.896. The maximum absolute atomic E-state index is 12.4. The van der Waals surface area contributed by atoms with Crippen LogP contribution in [0.1, 0.15) is 18.9 Å². The van der Waals surface area contributed by atoms with Gasteiger partial charge < -0.3 is 11.1 Å². The average Bonchev–Trinajstić information content (AvgIpc) is 2.15. The van der Waals surface area contributed by atoms with Gasteiger partial charge >= 0.3 is 6.18 Å². The predicted molar refractivity (Wildman–Crippen MR) is 65.6 cm³/mol. The molecule has 0 radical (unpaired) electrons. The summed E-state index contributed by atoms with van der Waals surface area (Å²) in [5.74, 6) is -0.403. The first-order valence-corrected chi connectivity index (χ1v) is 5.01. The molecule has 3 N–H and O–H groups in total. The van der Waals surface area contributed by atoms with E-state index < -0.39 is 17.6 Å². The molecule has 0 heterocycles. The number of carbonyl (C=O) groups excluding carboxylic acids is 1. The molecule has 1 atom stereocenters. The molecule has 3 nitrogen and oxygen atoms in total. The molecular weight excluding hydrogens is 269 g/mol. The third-order valence-electron chi connectivity index (χ3n) is 1.98. The fraction of sp³-hybridized carbons (Fsp3) is 0.364. The van der Waals surface area contributed by atoms with Crippen LogP contribution in [0.4, 0.5) is 18.9 Å². The Morgan fingerprint density at radius 2 is 2.06 bits per heavy atom. The van der Waals surface area contributed by atoms with E-state index in [2.05, 4.69) is 5.32 Å². The highest BCUT2D eigenvalue weighted by Gasteiger charge is 2.30. The number of carbonyl (C=O) groups is 1. The monoisotopic (exact) mass is 282 g/mol. The second-order valence-corrected chi connectivity index (χ2v) is 3.81. The van der Waals surface area contributed by atoms with Crippen molar-refractivity contribution in [1.82, 2.24) is 0 Å². The lowest BCUT2D eigenvalue weighted by Gasteiger charge is -2.10. The second kappa shape index (κ2) is 6.61. The third-order valence-corrected chi connectivity index (χ3v) is 1.98.